The van der Waals surface area contributed by atoms with Crippen molar-refractivity contribution in [3.63, 3.8) is 0 Å². The summed E-state index contributed by atoms with van der Waals surface area (Å²) in [7, 11) is 0. The van der Waals surface area contributed by atoms with Gasteiger partial charge in [0.1, 0.15) is 5.58 Å². The lowest BCUT2D eigenvalue weighted by molar-refractivity contribution is -0.118. The second-order valence-electron chi connectivity index (χ2n) is 10.6. The van der Waals surface area contributed by atoms with E-state index < -0.39 is 0 Å². The number of nitrogens with zero attached hydrogens (tertiary/aromatic N) is 3. The number of carbonyl (C=O) groups is 1. The summed E-state index contributed by atoms with van der Waals surface area (Å²) in [6, 6.07) is 27.7. The second kappa shape index (κ2) is 13.4. The van der Waals surface area contributed by atoms with Gasteiger partial charge in [0.2, 0.25) is 5.82 Å². The molecule has 0 fully saturated rings. The fourth-order valence-electron chi connectivity index (χ4n) is 5.07. The van der Waals surface area contributed by atoms with Crippen LogP contribution < -0.4 is 20.3 Å². The van der Waals surface area contributed by atoms with Gasteiger partial charge in [-0.25, -0.2) is 4.98 Å². The fourth-order valence-corrected chi connectivity index (χ4v) is 5.07. The van der Waals surface area contributed by atoms with E-state index in [0.717, 1.165) is 16.5 Å². The average molecular weight is 613 g/mol. The molecular weight excluding hydrogens is 580 g/mol. The number of carbonyl (C=O) groups excluding carboxylic acids is 1. The number of ether oxygens (including phenoxy) is 2. The molecule has 0 bridgehead atoms. The molecule has 9 heteroatoms. The van der Waals surface area contributed by atoms with Crippen LogP contribution in [0.5, 0.6) is 11.5 Å². The van der Waals surface area contributed by atoms with Crippen LogP contribution in [0.3, 0.4) is 0 Å². The number of nitrogens with one attached hydrogen (secondary N) is 1. The zero-order chi connectivity index (χ0) is 32.0. The maximum atomic E-state index is 13.7. The summed E-state index contributed by atoms with van der Waals surface area (Å²) in [6.07, 6.45) is 3.74. The molecule has 0 saturated heterocycles. The lowest BCUT2D eigenvalue weighted by Crippen LogP contribution is -2.21. The first-order valence-electron chi connectivity index (χ1n) is 14.9. The van der Waals surface area contributed by atoms with Crippen LogP contribution in [0.15, 0.2) is 118 Å². The largest absolute Gasteiger partial charge is 0.490 e. The first-order chi connectivity index (χ1) is 22.4. The van der Waals surface area contributed by atoms with Gasteiger partial charge in [-0.3, -0.25) is 9.59 Å². The van der Waals surface area contributed by atoms with Crippen LogP contribution in [-0.2, 0) is 11.2 Å². The third kappa shape index (κ3) is 6.44. The smallest absolute Gasteiger partial charge is 0.282 e. The minimum atomic E-state index is -0.340. The van der Waals surface area contributed by atoms with E-state index in [9.17, 15) is 9.59 Å². The summed E-state index contributed by atoms with van der Waals surface area (Å²) in [5.41, 5.74) is 4.04. The maximum Gasteiger partial charge on any atom is 0.282 e. The van der Waals surface area contributed by atoms with Gasteiger partial charge in [-0.15, -0.1) is 6.58 Å². The molecule has 6 rings (SSSR count). The van der Waals surface area contributed by atoms with Crippen molar-refractivity contribution in [2.24, 2.45) is 5.10 Å². The Morgan fingerprint density at radius 1 is 1.02 bits per heavy atom. The molecule has 46 heavy (non-hydrogen) atoms. The van der Waals surface area contributed by atoms with E-state index in [2.05, 4.69) is 17.0 Å². The van der Waals surface area contributed by atoms with Gasteiger partial charge in [0.15, 0.2) is 23.9 Å². The highest BCUT2D eigenvalue weighted by atomic mass is 16.5. The SMILES string of the molecule is C=CCc1cc(C=Nn2c(-c3cc4ccccc4o3)nc3ccccc3c2=O)cc(OCC)c1OCC(=O)Nc1ccc(C)cc1. The van der Waals surface area contributed by atoms with E-state index in [1.807, 2.05) is 80.6 Å². The normalized spacial score (nSPS) is 11.3. The zero-order valence-corrected chi connectivity index (χ0v) is 25.5. The molecule has 1 amide bonds. The fraction of sp³-hybridized carbons (Fsp3) is 0.135. The molecule has 9 nitrogen and oxygen atoms in total. The Hall–Kier alpha value is -5.96. The number of para-hydroxylation sites is 2. The van der Waals surface area contributed by atoms with Crippen LogP contribution >= 0.6 is 0 Å². The van der Waals surface area contributed by atoms with Gasteiger partial charge < -0.3 is 19.2 Å². The molecule has 0 aliphatic carbocycles. The molecular formula is C37H32N4O5. The number of anilines is 1. The van der Waals surface area contributed by atoms with E-state index in [4.69, 9.17) is 18.9 Å². The number of aryl methyl sites for hydroxylation is 1. The molecule has 0 aliphatic rings. The van der Waals surface area contributed by atoms with Gasteiger partial charge in [0.25, 0.3) is 11.5 Å². The number of aromatic nitrogens is 2. The van der Waals surface area contributed by atoms with Gasteiger partial charge in [0, 0.05) is 16.6 Å². The van der Waals surface area contributed by atoms with E-state index in [-0.39, 0.29) is 23.9 Å². The highest BCUT2D eigenvalue weighted by Gasteiger charge is 2.18. The van der Waals surface area contributed by atoms with Crippen molar-refractivity contribution in [1.29, 1.82) is 0 Å². The Balaban J connectivity index is 1.36. The minimum absolute atomic E-state index is 0.218. The summed E-state index contributed by atoms with van der Waals surface area (Å²) >= 11 is 0. The second-order valence-corrected chi connectivity index (χ2v) is 10.6. The average Bonchev–Trinajstić information content (AvgIpc) is 3.50. The van der Waals surface area contributed by atoms with Gasteiger partial charge in [-0.2, -0.15) is 9.78 Å². The number of rotatable bonds is 11. The quantitative estimate of drug-likeness (QED) is 0.123. The topological polar surface area (TPSA) is 108 Å². The van der Waals surface area contributed by atoms with Gasteiger partial charge >= 0.3 is 0 Å². The number of amides is 1. The first-order valence-corrected chi connectivity index (χ1v) is 14.9. The lowest BCUT2D eigenvalue weighted by Gasteiger charge is -2.16. The van der Waals surface area contributed by atoms with Gasteiger partial charge in [-0.1, -0.05) is 54.1 Å². The Morgan fingerprint density at radius 3 is 2.59 bits per heavy atom. The van der Waals surface area contributed by atoms with E-state index in [0.29, 0.717) is 58.0 Å². The molecule has 2 aromatic heterocycles. The van der Waals surface area contributed by atoms with Crippen molar-refractivity contribution in [3.05, 3.63) is 131 Å². The van der Waals surface area contributed by atoms with Crippen LogP contribution in [-0.4, -0.2) is 35.0 Å². The maximum absolute atomic E-state index is 13.7. The van der Waals surface area contributed by atoms with Crippen molar-refractivity contribution >= 4 is 39.7 Å². The molecule has 1 N–H and O–H groups in total. The zero-order valence-electron chi connectivity index (χ0n) is 25.5. The molecule has 0 radical (unpaired) electrons. The van der Waals surface area contributed by atoms with E-state index in [1.54, 1.807) is 36.6 Å². The van der Waals surface area contributed by atoms with Crippen molar-refractivity contribution in [3.8, 4) is 23.1 Å². The summed E-state index contributed by atoms with van der Waals surface area (Å²) in [5.74, 6) is 1.25. The van der Waals surface area contributed by atoms with E-state index in [1.165, 1.54) is 4.68 Å². The molecule has 0 unspecified atom stereocenters. The number of hydrogen-bond acceptors (Lipinski definition) is 7. The van der Waals surface area contributed by atoms with Crippen LogP contribution in [0.1, 0.15) is 23.6 Å². The van der Waals surface area contributed by atoms with Crippen molar-refractivity contribution in [2.45, 2.75) is 20.3 Å². The Kier molecular flexibility index (Phi) is 8.73. The summed E-state index contributed by atoms with van der Waals surface area (Å²) < 4.78 is 19.3. The van der Waals surface area contributed by atoms with Crippen molar-refractivity contribution < 1.29 is 18.7 Å². The van der Waals surface area contributed by atoms with Gasteiger partial charge in [0.05, 0.1) is 23.7 Å². The Labute approximate surface area is 265 Å². The molecule has 0 spiro atoms. The summed E-state index contributed by atoms with van der Waals surface area (Å²) in [6.45, 7) is 7.88. The molecule has 6 aromatic rings. The Bertz CT molecular complexity index is 2110. The van der Waals surface area contributed by atoms with Crippen LogP contribution in [0, 0.1) is 6.92 Å². The highest BCUT2D eigenvalue weighted by Crippen LogP contribution is 2.34. The number of benzene rings is 4. The Morgan fingerprint density at radius 2 is 1.80 bits per heavy atom. The minimum Gasteiger partial charge on any atom is -0.490 e. The van der Waals surface area contributed by atoms with Gasteiger partial charge in [-0.05, 0) is 74.4 Å². The third-order valence-corrected chi connectivity index (χ3v) is 7.22. The molecule has 0 aliphatic heterocycles. The number of fused-ring (bicyclic) bond motifs is 2. The van der Waals surface area contributed by atoms with E-state index >= 15 is 0 Å². The third-order valence-electron chi connectivity index (χ3n) is 7.22. The van der Waals surface area contributed by atoms with Crippen LogP contribution in [0.2, 0.25) is 0 Å². The number of hydrogen-bond donors (Lipinski definition) is 1. The summed E-state index contributed by atoms with van der Waals surface area (Å²) in [5, 5.41) is 8.76. The molecule has 2 heterocycles. The first kappa shape index (κ1) is 30.1. The molecule has 0 saturated carbocycles. The van der Waals surface area contributed by atoms with Crippen molar-refractivity contribution in [2.75, 3.05) is 18.5 Å². The number of allylic oxidation sites excluding steroid dienone is 1. The molecule has 4 aromatic carbocycles. The lowest BCUT2D eigenvalue weighted by atomic mass is 10.1. The predicted octanol–water partition coefficient (Wildman–Crippen LogP) is 7.15. The number of furan rings is 1. The van der Waals surface area contributed by atoms with Crippen molar-refractivity contribution in [1.82, 2.24) is 9.66 Å². The predicted molar refractivity (Wildman–Crippen MR) is 181 cm³/mol. The summed E-state index contributed by atoms with van der Waals surface area (Å²) in [4.78, 5) is 31.2. The van der Waals surface area contributed by atoms with Crippen LogP contribution in [0.4, 0.5) is 5.69 Å². The molecule has 0 atom stereocenters. The monoisotopic (exact) mass is 612 g/mol. The molecule has 230 valence electrons. The standard InChI is InChI=1S/C37H32N4O5/c1-4-10-27-19-25(20-32(44-5-2)35(27)45-23-34(42)39-28-17-15-24(3)16-18-28)22-38-41-36(33-21-26-11-6-9-14-31(26)46-33)40-30-13-8-7-12-29(30)37(41)43/h4,6-9,11-22H,1,5,10,23H2,2-3H3,(H,39,42). The highest BCUT2D eigenvalue weighted by molar-refractivity contribution is 5.92. The van der Waals surface area contributed by atoms with Crippen LogP contribution in [0.25, 0.3) is 33.5 Å².